The molecule has 22 heavy (non-hydrogen) atoms. The number of cyclic esters (lactones) is 1. The van der Waals surface area contributed by atoms with Gasteiger partial charge in [-0.25, -0.2) is 9.69 Å². The SMILES string of the molecule is C#CCCCC(=O)N1C(=O)OC[C@@H]1CC(C)c1ccccc1. The van der Waals surface area contributed by atoms with Crippen LogP contribution in [0.15, 0.2) is 30.3 Å². The Labute approximate surface area is 131 Å². The van der Waals surface area contributed by atoms with Gasteiger partial charge in [0.2, 0.25) is 5.91 Å². The van der Waals surface area contributed by atoms with Gasteiger partial charge in [-0.2, -0.15) is 0 Å². The Bertz CT molecular complexity index is 561. The van der Waals surface area contributed by atoms with Crippen molar-refractivity contribution in [1.82, 2.24) is 4.90 Å². The zero-order valence-electron chi connectivity index (χ0n) is 12.8. The van der Waals surface area contributed by atoms with E-state index in [0.717, 1.165) is 0 Å². The number of imide groups is 1. The molecule has 0 aliphatic carbocycles. The molecular weight excluding hydrogens is 278 g/mol. The second-order valence-corrected chi connectivity index (χ2v) is 5.60. The van der Waals surface area contributed by atoms with E-state index in [-0.39, 0.29) is 30.9 Å². The largest absolute Gasteiger partial charge is 0.447 e. The summed E-state index contributed by atoms with van der Waals surface area (Å²) in [6, 6.07) is 9.87. The lowest BCUT2D eigenvalue weighted by Gasteiger charge is -2.22. The van der Waals surface area contributed by atoms with E-state index >= 15 is 0 Å². The minimum atomic E-state index is -0.532. The summed E-state index contributed by atoms with van der Waals surface area (Å²) in [5.41, 5.74) is 1.20. The minimum absolute atomic E-state index is 0.192. The molecule has 1 fully saturated rings. The topological polar surface area (TPSA) is 46.6 Å². The highest BCUT2D eigenvalue weighted by atomic mass is 16.6. The third kappa shape index (κ3) is 3.88. The molecule has 1 aliphatic rings. The Balaban J connectivity index is 1.98. The Kier molecular flexibility index (Phi) is 5.60. The van der Waals surface area contributed by atoms with E-state index in [4.69, 9.17) is 11.2 Å². The van der Waals surface area contributed by atoms with Crippen LogP contribution in [0.25, 0.3) is 0 Å². The van der Waals surface area contributed by atoms with Crippen molar-refractivity contribution >= 4 is 12.0 Å². The first-order valence-corrected chi connectivity index (χ1v) is 7.60. The Morgan fingerprint density at radius 2 is 2.18 bits per heavy atom. The molecule has 4 heteroatoms. The summed E-state index contributed by atoms with van der Waals surface area (Å²) >= 11 is 0. The van der Waals surface area contributed by atoms with Gasteiger partial charge in [0.15, 0.2) is 0 Å². The monoisotopic (exact) mass is 299 g/mol. The summed E-state index contributed by atoms with van der Waals surface area (Å²) in [5, 5.41) is 0. The van der Waals surface area contributed by atoms with Crippen LogP contribution in [0.5, 0.6) is 0 Å². The zero-order valence-corrected chi connectivity index (χ0v) is 12.8. The Morgan fingerprint density at radius 1 is 1.45 bits per heavy atom. The van der Waals surface area contributed by atoms with E-state index in [1.807, 2.05) is 18.2 Å². The number of amides is 2. The van der Waals surface area contributed by atoms with Crippen LogP contribution in [0.3, 0.4) is 0 Å². The Morgan fingerprint density at radius 3 is 2.86 bits per heavy atom. The van der Waals surface area contributed by atoms with Crippen molar-refractivity contribution in [2.24, 2.45) is 0 Å². The van der Waals surface area contributed by atoms with Gasteiger partial charge in [-0.15, -0.1) is 12.3 Å². The molecular formula is C18H21NO3. The highest BCUT2D eigenvalue weighted by molar-refractivity contribution is 5.93. The molecule has 0 N–H and O–H groups in total. The molecule has 0 saturated carbocycles. The second-order valence-electron chi connectivity index (χ2n) is 5.60. The predicted molar refractivity (Wildman–Crippen MR) is 84.1 cm³/mol. The lowest BCUT2D eigenvalue weighted by atomic mass is 9.94. The number of rotatable bonds is 6. The molecule has 116 valence electrons. The molecule has 1 saturated heterocycles. The van der Waals surface area contributed by atoms with E-state index in [1.165, 1.54) is 10.5 Å². The number of ether oxygens (including phenoxy) is 1. The van der Waals surface area contributed by atoms with Crippen LogP contribution in [-0.4, -0.2) is 29.5 Å². The van der Waals surface area contributed by atoms with E-state index in [9.17, 15) is 9.59 Å². The third-order valence-electron chi connectivity index (χ3n) is 3.94. The molecule has 2 rings (SSSR count). The first-order valence-electron chi connectivity index (χ1n) is 7.60. The molecule has 1 heterocycles. The van der Waals surface area contributed by atoms with Gasteiger partial charge in [0.05, 0.1) is 6.04 Å². The maximum absolute atomic E-state index is 12.2. The number of unbranched alkanes of at least 4 members (excludes halogenated alkanes) is 1. The van der Waals surface area contributed by atoms with Crippen LogP contribution in [0.1, 0.15) is 44.1 Å². The van der Waals surface area contributed by atoms with Gasteiger partial charge in [0.1, 0.15) is 6.61 Å². The molecule has 0 radical (unpaired) electrons. The average Bonchev–Trinajstić information content (AvgIpc) is 2.89. The maximum atomic E-state index is 12.2. The van der Waals surface area contributed by atoms with Crippen LogP contribution >= 0.6 is 0 Å². The third-order valence-corrected chi connectivity index (χ3v) is 3.94. The summed E-state index contributed by atoms with van der Waals surface area (Å²) in [5.74, 6) is 2.56. The zero-order chi connectivity index (χ0) is 15.9. The number of hydrogen-bond donors (Lipinski definition) is 0. The number of terminal acetylenes is 1. The fraction of sp³-hybridized carbons (Fsp3) is 0.444. The molecule has 0 aromatic heterocycles. The van der Waals surface area contributed by atoms with Gasteiger partial charge in [0.25, 0.3) is 0 Å². The number of nitrogens with zero attached hydrogens (tertiary/aromatic N) is 1. The number of benzene rings is 1. The van der Waals surface area contributed by atoms with Gasteiger partial charge in [-0.3, -0.25) is 4.79 Å². The first-order chi connectivity index (χ1) is 10.6. The molecule has 1 aromatic rings. The standard InChI is InChI=1S/C18H21NO3/c1-3-4-6-11-17(20)19-16(13-22-18(19)21)12-14(2)15-9-7-5-8-10-15/h1,5,7-10,14,16H,4,6,11-13H2,2H3/t14?,16-/m0/s1. The van der Waals surface area contributed by atoms with Crippen molar-refractivity contribution < 1.29 is 14.3 Å². The molecule has 0 bridgehead atoms. The summed E-state index contributed by atoms with van der Waals surface area (Å²) < 4.78 is 5.07. The van der Waals surface area contributed by atoms with Crippen molar-refractivity contribution in [1.29, 1.82) is 0 Å². The minimum Gasteiger partial charge on any atom is -0.447 e. The van der Waals surface area contributed by atoms with Gasteiger partial charge in [0, 0.05) is 12.8 Å². The van der Waals surface area contributed by atoms with Gasteiger partial charge in [-0.05, 0) is 24.3 Å². The van der Waals surface area contributed by atoms with Crippen LogP contribution in [0, 0.1) is 12.3 Å². The summed E-state index contributed by atoms with van der Waals surface area (Å²) in [6.45, 7) is 2.37. The van der Waals surface area contributed by atoms with Crippen LogP contribution in [-0.2, 0) is 9.53 Å². The number of hydrogen-bond acceptors (Lipinski definition) is 3. The molecule has 2 amide bonds. The molecule has 1 aliphatic heterocycles. The van der Waals surface area contributed by atoms with Crippen LogP contribution in [0.4, 0.5) is 4.79 Å². The van der Waals surface area contributed by atoms with Crippen molar-refractivity contribution in [2.45, 2.75) is 44.6 Å². The molecule has 4 nitrogen and oxygen atoms in total. The predicted octanol–water partition coefficient (Wildman–Crippen LogP) is 3.33. The average molecular weight is 299 g/mol. The molecule has 2 atom stereocenters. The van der Waals surface area contributed by atoms with E-state index in [1.54, 1.807) is 0 Å². The highest BCUT2D eigenvalue weighted by Gasteiger charge is 2.38. The lowest BCUT2D eigenvalue weighted by Crippen LogP contribution is -2.39. The van der Waals surface area contributed by atoms with E-state index < -0.39 is 6.09 Å². The number of carbonyl (C=O) groups is 2. The van der Waals surface area contributed by atoms with E-state index in [0.29, 0.717) is 19.3 Å². The fourth-order valence-electron chi connectivity index (χ4n) is 2.73. The van der Waals surface area contributed by atoms with Gasteiger partial charge in [-0.1, -0.05) is 37.3 Å². The summed E-state index contributed by atoms with van der Waals surface area (Å²) in [4.78, 5) is 25.3. The smallest absolute Gasteiger partial charge is 0.416 e. The van der Waals surface area contributed by atoms with Crippen molar-refractivity contribution in [2.75, 3.05) is 6.61 Å². The first kappa shape index (κ1) is 16.1. The number of carbonyl (C=O) groups excluding carboxylic acids is 2. The maximum Gasteiger partial charge on any atom is 0.416 e. The van der Waals surface area contributed by atoms with Gasteiger partial charge >= 0.3 is 6.09 Å². The van der Waals surface area contributed by atoms with Gasteiger partial charge < -0.3 is 4.74 Å². The fourth-order valence-corrected chi connectivity index (χ4v) is 2.73. The molecule has 1 unspecified atom stereocenters. The summed E-state index contributed by atoms with van der Waals surface area (Å²) in [7, 11) is 0. The van der Waals surface area contributed by atoms with Crippen molar-refractivity contribution in [3.63, 3.8) is 0 Å². The van der Waals surface area contributed by atoms with E-state index in [2.05, 4.69) is 25.0 Å². The van der Waals surface area contributed by atoms with Crippen molar-refractivity contribution in [3.8, 4) is 12.3 Å². The van der Waals surface area contributed by atoms with Crippen LogP contribution in [0.2, 0.25) is 0 Å². The molecule has 0 spiro atoms. The lowest BCUT2D eigenvalue weighted by molar-refractivity contribution is -0.129. The highest BCUT2D eigenvalue weighted by Crippen LogP contribution is 2.26. The van der Waals surface area contributed by atoms with Crippen LogP contribution < -0.4 is 0 Å². The second kappa shape index (κ2) is 7.65. The van der Waals surface area contributed by atoms with Crippen molar-refractivity contribution in [3.05, 3.63) is 35.9 Å². The Hall–Kier alpha value is -2.28. The normalized spacial score (nSPS) is 18.6. The summed E-state index contributed by atoms with van der Waals surface area (Å²) in [6.07, 6.45) is 6.79. The quantitative estimate of drug-likeness (QED) is 0.598. The molecule has 1 aromatic carbocycles.